The van der Waals surface area contributed by atoms with Crippen molar-refractivity contribution >= 4 is 5.91 Å². The molecule has 0 radical (unpaired) electrons. The van der Waals surface area contributed by atoms with Crippen LogP contribution in [0.3, 0.4) is 0 Å². The molecule has 30 heavy (non-hydrogen) atoms. The zero-order valence-electron chi connectivity index (χ0n) is 17.7. The van der Waals surface area contributed by atoms with Crippen molar-refractivity contribution in [3.63, 3.8) is 0 Å². The molecule has 2 aromatic carbocycles. The highest BCUT2D eigenvalue weighted by Crippen LogP contribution is 2.39. The summed E-state index contributed by atoms with van der Waals surface area (Å²) in [7, 11) is 3.02. The predicted octanol–water partition coefficient (Wildman–Crippen LogP) is 3.64. The molecule has 1 heterocycles. The lowest BCUT2D eigenvalue weighted by molar-refractivity contribution is 0.0906. The van der Waals surface area contributed by atoms with Crippen molar-refractivity contribution in [1.82, 2.24) is 15.5 Å². The lowest BCUT2D eigenvalue weighted by Gasteiger charge is -2.23. The molecule has 0 aliphatic rings. The minimum absolute atomic E-state index is 0.337. The number of hydrogen-bond acceptors (Lipinski definition) is 7. The van der Waals surface area contributed by atoms with Crippen molar-refractivity contribution in [2.45, 2.75) is 32.9 Å². The van der Waals surface area contributed by atoms with Gasteiger partial charge in [-0.15, -0.1) is 0 Å². The van der Waals surface area contributed by atoms with E-state index in [1.165, 1.54) is 14.2 Å². The van der Waals surface area contributed by atoms with Crippen LogP contribution in [0.15, 0.2) is 47.0 Å². The van der Waals surface area contributed by atoms with Crippen molar-refractivity contribution in [1.29, 1.82) is 0 Å². The highest BCUT2D eigenvalue weighted by atomic mass is 16.5. The van der Waals surface area contributed by atoms with E-state index in [0.29, 0.717) is 41.1 Å². The van der Waals surface area contributed by atoms with Crippen molar-refractivity contribution in [3.05, 3.63) is 65.3 Å². The van der Waals surface area contributed by atoms with Gasteiger partial charge in [0.25, 0.3) is 5.91 Å². The Labute approximate surface area is 175 Å². The standard InChI is InChI=1S/C22H25N3O5/c1-14-23-21(25-30-14)22(2,3)24-20(26)16-11-17(27-4)19(18(12-16)28-5)29-13-15-9-7-6-8-10-15/h6-12H,13H2,1-5H3,(H,24,26). The summed E-state index contributed by atoms with van der Waals surface area (Å²) in [6, 6.07) is 13.0. The fourth-order valence-electron chi connectivity index (χ4n) is 2.85. The summed E-state index contributed by atoms with van der Waals surface area (Å²) in [5, 5.41) is 6.80. The largest absolute Gasteiger partial charge is 0.493 e. The zero-order valence-corrected chi connectivity index (χ0v) is 17.7. The van der Waals surface area contributed by atoms with Gasteiger partial charge in [0.05, 0.1) is 19.8 Å². The van der Waals surface area contributed by atoms with Crippen LogP contribution in [0.25, 0.3) is 0 Å². The molecule has 8 nitrogen and oxygen atoms in total. The number of rotatable bonds is 8. The van der Waals surface area contributed by atoms with Crippen LogP contribution in [0.1, 0.15) is 41.5 Å². The Kier molecular flexibility index (Phi) is 6.25. The highest BCUT2D eigenvalue weighted by Gasteiger charge is 2.29. The van der Waals surface area contributed by atoms with Crippen molar-refractivity contribution in [2.24, 2.45) is 0 Å². The van der Waals surface area contributed by atoms with Gasteiger partial charge in [-0.05, 0) is 31.5 Å². The number of methoxy groups -OCH3 is 2. The summed E-state index contributed by atoms with van der Waals surface area (Å²) in [5.74, 6) is 1.68. The normalized spacial score (nSPS) is 11.1. The van der Waals surface area contributed by atoms with Crippen LogP contribution in [0.5, 0.6) is 17.2 Å². The number of carbonyl (C=O) groups excluding carboxylic acids is 1. The topological polar surface area (TPSA) is 95.7 Å². The molecule has 158 valence electrons. The quantitative estimate of drug-likeness (QED) is 0.604. The summed E-state index contributed by atoms with van der Waals surface area (Å²) in [6.07, 6.45) is 0. The van der Waals surface area contributed by atoms with Gasteiger partial charge in [-0.1, -0.05) is 35.5 Å². The summed E-state index contributed by atoms with van der Waals surface area (Å²) in [4.78, 5) is 17.1. The zero-order chi connectivity index (χ0) is 21.7. The monoisotopic (exact) mass is 411 g/mol. The van der Waals surface area contributed by atoms with Crippen LogP contribution < -0.4 is 19.5 Å². The highest BCUT2D eigenvalue weighted by molar-refractivity contribution is 5.96. The molecule has 0 aliphatic carbocycles. The summed E-state index contributed by atoms with van der Waals surface area (Å²) >= 11 is 0. The molecule has 0 atom stereocenters. The van der Waals surface area contributed by atoms with E-state index in [-0.39, 0.29) is 5.91 Å². The van der Waals surface area contributed by atoms with E-state index in [1.807, 2.05) is 30.3 Å². The first kappa shape index (κ1) is 21.2. The van der Waals surface area contributed by atoms with Crippen LogP contribution in [0.4, 0.5) is 0 Å². The first-order valence-electron chi connectivity index (χ1n) is 9.40. The number of aryl methyl sites for hydroxylation is 1. The van der Waals surface area contributed by atoms with Crippen LogP contribution >= 0.6 is 0 Å². The SMILES string of the molecule is COc1cc(C(=O)NC(C)(C)c2noc(C)n2)cc(OC)c1OCc1ccccc1. The molecule has 0 fully saturated rings. The maximum absolute atomic E-state index is 12.9. The molecule has 0 spiro atoms. The lowest BCUT2D eigenvalue weighted by atomic mass is 10.0. The Bertz CT molecular complexity index is 990. The van der Waals surface area contributed by atoms with Crippen molar-refractivity contribution in [3.8, 4) is 17.2 Å². The second kappa shape index (κ2) is 8.86. The number of aromatic nitrogens is 2. The number of hydrogen-bond donors (Lipinski definition) is 1. The van der Waals surface area contributed by atoms with Gasteiger partial charge in [0.2, 0.25) is 11.6 Å². The molecular formula is C22H25N3O5. The van der Waals surface area contributed by atoms with Crippen molar-refractivity contribution < 1.29 is 23.5 Å². The molecule has 8 heteroatoms. The molecule has 0 bridgehead atoms. The molecule has 3 rings (SSSR count). The number of nitrogens with zero attached hydrogens (tertiary/aromatic N) is 2. The first-order valence-corrected chi connectivity index (χ1v) is 9.40. The maximum atomic E-state index is 12.9. The van der Waals surface area contributed by atoms with Gasteiger partial charge in [-0.3, -0.25) is 4.79 Å². The van der Waals surface area contributed by atoms with E-state index < -0.39 is 5.54 Å². The van der Waals surface area contributed by atoms with E-state index in [9.17, 15) is 4.79 Å². The second-order valence-electron chi connectivity index (χ2n) is 7.20. The van der Waals surface area contributed by atoms with Crippen LogP contribution in [0, 0.1) is 6.92 Å². The molecule has 0 saturated heterocycles. The molecule has 0 saturated carbocycles. The minimum Gasteiger partial charge on any atom is -0.493 e. The van der Waals surface area contributed by atoms with Gasteiger partial charge in [0, 0.05) is 12.5 Å². The van der Waals surface area contributed by atoms with Gasteiger partial charge >= 0.3 is 0 Å². The molecule has 0 aliphatic heterocycles. The smallest absolute Gasteiger partial charge is 0.252 e. The van der Waals surface area contributed by atoms with E-state index in [0.717, 1.165) is 5.56 Å². The Morgan fingerprint density at radius 1 is 1.10 bits per heavy atom. The summed E-state index contributed by atoms with van der Waals surface area (Å²) < 4.78 is 21.9. The third kappa shape index (κ3) is 4.71. The number of amides is 1. The Balaban J connectivity index is 1.84. The Hall–Kier alpha value is -3.55. The van der Waals surface area contributed by atoms with Gasteiger partial charge < -0.3 is 24.1 Å². The van der Waals surface area contributed by atoms with E-state index >= 15 is 0 Å². The van der Waals surface area contributed by atoms with E-state index in [4.69, 9.17) is 18.7 Å². The van der Waals surface area contributed by atoms with Crippen molar-refractivity contribution in [2.75, 3.05) is 14.2 Å². The number of carbonyl (C=O) groups is 1. The van der Waals surface area contributed by atoms with Gasteiger partial charge in [-0.25, -0.2) is 0 Å². The molecule has 1 N–H and O–H groups in total. The summed E-state index contributed by atoms with van der Waals surface area (Å²) in [6.45, 7) is 5.61. The second-order valence-corrected chi connectivity index (χ2v) is 7.20. The molecular weight excluding hydrogens is 386 g/mol. The fourth-order valence-corrected chi connectivity index (χ4v) is 2.85. The Morgan fingerprint density at radius 3 is 2.27 bits per heavy atom. The van der Waals surface area contributed by atoms with Gasteiger partial charge in [0.15, 0.2) is 17.3 Å². The maximum Gasteiger partial charge on any atom is 0.252 e. The Morgan fingerprint density at radius 2 is 1.73 bits per heavy atom. The molecule has 0 unspecified atom stereocenters. The predicted molar refractivity (Wildman–Crippen MR) is 110 cm³/mol. The third-order valence-corrected chi connectivity index (χ3v) is 4.46. The number of nitrogens with one attached hydrogen (secondary N) is 1. The van der Waals surface area contributed by atoms with Gasteiger partial charge in [0.1, 0.15) is 6.61 Å². The number of benzene rings is 2. The van der Waals surface area contributed by atoms with E-state index in [1.54, 1.807) is 32.9 Å². The van der Waals surface area contributed by atoms with E-state index in [2.05, 4.69) is 15.5 Å². The molecule has 3 aromatic rings. The average molecular weight is 411 g/mol. The third-order valence-electron chi connectivity index (χ3n) is 4.46. The van der Waals surface area contributed by atoms with Gasteiger partial charge in [-0.2, -0.15) is 4.98 Å². The molecule has 1 aromatic heterocycles. The van der Waals surface area contributed by atoms with Crippen LogP contribution in [-0.2, 0) is 12.1 Å². The first-order chi connectivity index (χ1) is 14.3. The van der Waals surface area contributed by atoms with Crippen LogP contribution in [-0.4, -0.2) is 30.3 Å². The average Bonchev–Trinajstić information content (AvgIpc) is 3.19. The summed E-state index contributed by atoms with van der Waals surface area (Å²) in [5.41, 5.74) is 0.516. The number of ether oxygens (including phenoxy) is 3. The lowest BCUT2D eigenvalue weighted by Crippen LogP contribution is -2.41. The molecule has 1 amide bonds. The fraction of sp³-hybridized carbons (Fsp3) is 0.318. The minimum atomic E-state index is -0.836. The van der Waals surface area contributed by atoms with Crippen LogP contribution in [0.2, 0.25) is 0 Å².